The molecule has 0 bridgehead atoms. The zero-order valence-electron chi connectivity index (χ0n) is 11.8. The van der Waals surface area contributed by atoms with Gasteiger partial charge in [-0.25, -0.2) is 0 Å². The van der Waals surface area contributed by atoms with Gasteiger partial charge in [0.1, 0.15) is 6.54 Å². The Morgan fingerprint density at radius 3 is 2.45 bits per heavy atom. The van der Waals surface area contributed by atoms with Crippen molar-refractivity contribution in [3.63, 3.8) is 0 Å². The Kier molecular flexibility index (Phi) is 6.70. The molecule has 0 aromatic rings. The summed E-state index contributed by atoms with van der Waals surface area (Å²) in [4.78, 5) is 13.7. The van der Waals surface area contributed by atoms with E-state index in [1.807, 2.05) is 12.2 Å². The Morgan fingerprint density at radius 2 is 1.90 bits per heavy atom. The van der Waals surface area contributed by atoms with Crippen molar-refractivity contribution in [2.75, 3.05) is 39.4 Å². The predicted molar refractivity (Wildman–Crippen MR) is 68.4 cm³/mol. The molecule has 1 aliphatic heterocycles. The summed E-state index contributed by atoms with van der Waals surface area (Å²) in [5.41, 5.74) is 0. The summed E-state index contributed by atoms with van der Waals surface area (Å²) in [5.74, 6) is -0.642. The summed E-state index contributed by atoms with van der Waals surface area (Å²) >= 11 is 0. The highest BCUT2D eigenvalue weighted by Gasteiger charge is 2.29. The van der Waals surface area contributed by atoms with Gasteiger partial charge in [-0.15, -0.1) is 0 Å². The highest BCUT2D eigenvalue weighted by Crippen LogP contribution is 2.12. The molecule has 1 rings (SSSR count). The normalized spacial score (nSPS) is 20.4. The monoisotopic (exact) mass is 297 g/mol. The summed E-state index contributed by atoms with van der Waals surface area (Å²) in [6.45, 7) is 5.95. The highest BCUT2D eigenvalue weighted by molar-refractivity contribution is 5.81. The van der Waals surface area contributed by atoms with Crippen molar-refractivity contribution in [3.05, 3.63) is 0 Å². The molecule has 0 aromatic heterocycles. The number of rotatable bonds is 6. The first-order valence-corrected chi connectivity index (χ1v) is 6.68. The number of carbonyl (C=O) groups is 1. The Morgan fingerprint density at radius 1 is 1.30 bits per heavy atom. The number of hydrogen-bond acceptors (Lipinski definition) is 4. The molecular formula is C12H22F3N3O2. The fraction of sp³-hybridized carbons (Fsp3) is 0.917. The van der Waals surface area contributed by atoms with Crippen molar-refractivity contribution in [3.8, 4) is 0 Å². The summed E-state index contributed by atoms with van der Waals surface area (Å²) in [5, 5.41) is 4.87. The van der Waals surface area contributed by atoms with E-state index in [-0.39, 0.29) is 6.04 Å². The average Bonchev–Trinajstić information content (AvgIpc) is 2.36. The third-order valence-electron chi connectivity index (χ3n) is 3.03. The van der Waals surface area contributed by atoms with Crippen molar-refractivity contribution in [2.24, 2.45) is 0 Å². The maximum atomic E-state index is 12.0. The molecule has 0 saturated carbocycles. The number of nitrogens with zero attached hydrogens (tertiary/aromatic N) is 1. The van der Waals surface area contributed by atoms with Gasteiger partial charge in [-0.2, -0.15) is 13.2 Å². The number of amides is 1. The maximum Gasteiger partial charge on any atom is 0.405 e. The quantitative estimate of drug-likeness (QED) is 0.743. The molecule has 2 atom stereocenters. The van der Waals surface area contributed by atoms with E-state index in [9.17, 15) is 18.0 Å². The fourth-order valence-electron chi connectivity index (χ4n) is 2.07. The van der Waals surface area contributed by atoms with E-state index in [0.29, 0.717) is 13.2 Å². The summed E-state index contributed by atoms with van der Waals surface area (Å²) in [7, 11) is 0. The van der Waals surface area contributed by atoms with Crippen LogP contribution in [-0.4, -0.2) is 68.5 Å². The summed E-state index contributed by atoms with van der Waals surface area (Å²) in [6, 6.07) is -0.645. The van der Waals surface area contributed by atoms with Crippen LogP contribution in [0.25, 0.3) is 0 Å². The van der Waals surface area contributed by atoms with Crippen LogP contribution in [0.5, 0.6) is 0 Å². The molecule has 8 heteroatoms. The molecule has 118 valence electrons. The van der Waals surface area contributed by atoms with Crippen molar-refractivity contribution < 1.29 is 22.7 Å². The zero-order chi connectivity index (χ0) is 15.2. The molecule has 0 radical (unpaired) electrons. The molecule has 20 heavy (non-hydrogen) atoms. The smallest absolute Gasteiger partial charge is 0.379 e. The molecule has 0 aromatic carbocycles. The Balaban J connectivity index is 2.25. The minimum atomic E-state index is -4.38. The number of halogens is 3. The summed E-state index contributed by atoms with van der Waals surface area (Å²) < 4.78 is 41.2. The van der Waals surface area contributed by atoms with Gasteiger partial charge in [-0.05, 0) is 13.8 Å². The molecule has 0 spiro atoms. The second kappa shape index (κ2) is 7.80. The second-order valence-electron chi connectivity index (χ2n) is 5.04. The minimum Gasteiger partial charge on any atom is -0.379 e. The van der Waals surface area contributed by atoms with Crippen LogP contribution < -0.4 is 10.6 Å². The molecule has 1 aliphatic rings. The van der Waals surface area contributed by atoms with Gasteiger partial charge in [0.05, 0.1) is 19.3 Å². The van der Waals surface area contributed by atoms with Gasteiger partial charge in [-0.3, -0.25) is 9.69 Å². The Labute approximate surface area is 116 Å². The van der Waals surface area contributed by atoms with Gasteiger partial charge >= 0.3 is 6.18 Å². The molecule has 2 N–H and O–H groups in total. The van der Waals surface area contributed by atoms with Crippen LogP contribution in [0.15, 0.2) is 0 Å². The molecule has 1 saturated heterocycles. The molecule has 0 aliphatic carbocycles. The fourth-order valence-corrected chi connectivity index (χ4v) is 2.07. The molecule has 1 amide bonds. The minimum absolute atomic E-state index is 0.0136. The molecular weight excluding hydrogens is 275 g/mol. The van der Waals surface area contributed by atoms with E-state index >= 15 is 0 Å². The first kappa shape index (κ1) is 17.2. The van der Waals surface area contributed by atoms with Crippen LogP contribution in [0.2, 0.25) is 0 Å². The van der Waals surface area contributed by atoms with E-state index in [1.165, 1.54) is 0 Å². The standard InChI is InChI=1S/C12H22F3N3O2/c1-9(7-18-3-5-20-6-4-18)17-10(2)11(19)16-8-12(13,14)15/h9-10,17H,3-8H2,1-2H3,(H,16,19). The lowest BCUT2D eigenvalue weighted by atomic mass is 10.2. The van der Waals surface area contributed by atoms with Crippen molar-refractivity contribution in [2.45, 2.75) is 32.1 Å². The van der Waals surface area contributed by atoms with Gasteiger partial charge < -0.3 is 15.4 Å². The van der Waals surface area contributed by atoms with Gasteiger partial charge in [0.15, 0.2) is 0 Å². The van der Waals surface area contributed by atoms with E-state index in [1.54, 1.807) is 6.92 Å². The number of nitrogens with one attached hydrogen (secondary N) is 2. The third kappa shape index (κ3) is 7.06. The average molecular weight is 297 g/mol. The van der Waals surface area contributed by atoms with E-state index in [4.69, 9.17) is 4.74 Å². The van der Waals surface area contributed by atoms with Crippen LogP contribution in [0.4, 0.5) is 13.2 Å². The van der Waals surface area contributed by atoms with Crippen molar-refractivity contribution in [1.29, 1.82) is 0 Å². The summed E-state index contributed by atoms with van der Waals surface area (Å²) in [6.07, 6.45) is -4.38. The number of ether oxygens (including phenoxy) is 1. The van der Waals surface area contributed by atoms with Crippen LogP contribution >= 0.6 is 0 Å². The number of alkyl halides is 3. The lowest BCUT2D eigenvalue weighted by molar-refractivity contribution is -0.139. The Hall–Kier alpha value is -0.860. The lowest BCUT2D eigenvalue weighted by Crippen LogP contribution is -2.51. The molecule has 2 unspecified atom stereocenters. The van der Waals surface area contributed by atoms with Crippen LogP contribution in [0.1, 0.15) is 13.8 Å². The van der Waals surface area contributed by atoms with Gasteiger partial charge in [-0.1, -0.05) is 0 Å². The topological polar surface area (TPSA) is 53.6 Å². The third-order valence-corrected chi connectivity index (χ3v) is 3.03. The van der Waals surface area contributed by atoms with Gasteiger partial charge in [0.2, 0.25) is 5.91 Å². The number of hydrogen-bond donors (Lipinski definition) is 2. The second-order valence-corrected chi connectivity index (χ2v) is 5.04. The molecule has 1 heterocycles. The van der Waals surface area contributed by atoms with E-state index in [2.05, 4.69) is 10.2 Å². The first-order chi connectivity index (χ1) is 9.28. The number of morpholine rings is 1. The largest absolute Gasteiger partial charge is 0.405 e. The number of carbonyl (C=O) groups excluding carboxylic acids is 1. The highest BCUT2D eigenvalue weighted by atomic mass is 19.4. The lowest BCUT2D eigenvalue weighted by Gasteiger charge is -2.30. The molecule has 1 fully saturated rings. The first-order valence-electron chi connectivity index (χ1n) is 6.68. The SMILES string of the molecule is CC(CN1CCOCC1)NC(C)C(=O)NCC(F)(F)F. The van der Waals surface area contributed by atoms with E-state index in [0.717, 1.165) is 19.6 Å². The van der Waals surface area contributed by atoms with Gasteiger partial charge in [0, 0.05) is 25.7 Å². The van der Waals surface area contributed by atoms with E-state index < -0.39 is 24.7 Å². The maximum absolute atomic E-state index is 12.0. The molecule has 5 nitrogen and oxygen atoms in total. The van der Waals surface area contributed by atoms with Crippen molar-refractivity contribution >= 4 is 5.91 Å². The van der Waals surface area contributed by atoms with Gasteiger partial charge in [0.25, 0.3) is 0 Å². The predicted octanol–water partition coefficient (Wildman–Crippen LogP) is 0.364. The van der Waals surface area contributed by atoms with Crippen molar-refractivity contribution in [1.82, 2.24) is 15.5 Å². The van der Waals surface area contributed by atoms with Crippen LogP contribution in [-0.2, 0) is 9.53 Å². The Bertz CT molecular complexity index is 307. The van der Waals surface area contributed by atoms with Crippen LogP contribution in [0, 0.1) is 0 Å². The zero-order valence-corrected chi connectivity index (χ0v) is 11.8. The van der Waals surface area contributed by atoms with Crippen LogP contribution in [0.3, 0.4) is 0 Å².